The zero-order valence-electron chi connectivity index (χ0n) is 10.9. The summed E-state index contributed by atoms with van der Waals surface area (Å²) >= 11 is 0. The highest BCUT2D eigenvalue weighted by molar-refractivity contribution is 6.07. The van der Waals surface area contributed by atoms with E-state index in [-0.39, 0.29) is 5.91 Å². The lowest BCUT2D eigenvalue weighted by molar-refractivity contribution is 0.0964. The first kappa shape index (κ1) is 13.2. The highest BCUT2D eigenvalue weighted by Gasteiger charge is 2.07. The monoisotopic (exact) mass is 229 g/mol. The van der Waals surface area contributed by atoms with Gasteiger partial charge in [0.25, 0.3) is 5.91 Å². The number of amides is 1. The highest BCUT2D eigenvalue weighted by atomic mass is 16.1. The summed E-state index contributed by atoms with van der Waals surface area (Å²) in [4.78, 5) is 11.6. The molecule has 0 aliphatic rings. The van der Waals surface area contributed by atoms with Crippen molar-refractivity contribution in [2.45, 2.75) is 20.8 Å². The second-order valence-corrected chi connectivity index (χ2v) is 3.61. The van der Waals surface area contributed by atoms with Gasteiger partial charge in [-0.2, -0.15) is 0 Å². The summed E-state index contributed by atoms with van der Waals surface area (Å²) in [5.41, 5.74) is 1.94. The van der Waals surface area contributed by atoms with Gasteiger partial charge in [-0.1, -0.05) is 49.7 Å². The third kappa shape index (κ3) is 2.84. The zero-order valence-corrected chi connectivity index (χ0v) is 10.9. The van der Waals surface area contributed by atoms with Crippen LogP contribution in [0.2, 0.25) is 0 Å². The van der Waals surface area contributed by atoms with Crippen molar-refractivity contribution in [3.8, 4) is 0 Å². The van der Waals surface area contributed by atoms with Gasteiger partial charge in [0.1, 0.15) is 0 Å². The predicted octanol–water partition coefficient (Wildman–Crippen LogP) is 3.53. The lowest BCUT2D eigenvalue weighted by Gasteiger charge is -2.05. The van der Waals surface area contributed by atoms with Crippen LogP contribution in [-0.4, -0.2) is 13.0 Å². The standard InChI is InChI=1S/C13H13NO.C2H6/c1-9-6-7-11-10(8-9)4-3-5-12(11)13(15)14-2;1-2/h3-8H,1-2H3,(H,14,15);1-2H3. The number of aryl methyl sites for hydroxylation is 1. The number of carbonyl (C=O) groups excluding carboxylic acids is 1. The molecule has 2 aromatic rings. The number of carbonyl (C=O) groups is 1. The van der Waals surface area contributed by atoms with Crippen molar-refractivity contribution in [1.82, 2.24) is 5.32 Å². The lowest BCUT2D eigenvalue weighted by Crippen LogP contribution is -2.17. The second-order valence-electron chi connectivity index (χ2n) is 3.61. The van der Waals surface area contributed by atoms with Gasteiger partial charge >= 0.3 is 0 Å². The Kier molecular flexibility index (Phi) is 4.70. The molecular formula is C15H19NO. The number of rotatable bonds is 1. The fraction of sp³-hybridized carbons (Fsp3) is 0.267. The average molecular weight is 229 g/mol. The summed E-state index contributed by atoms with van der Waals surface area (Å²) in [5.74, 6) is -0.0375. The molecule has 17 heavy (non-hydrogen) atoms. The van der Waals surface area contributed by atoms with Crippen molar-refractivity contribution >= 4 is 16.7 Å². The van der Waals surface area contributed by atoms with Crippen LogP contribution >= 0.6 is 0 Å². The van der Waals surface area contributed by atoms with Gasteiger partial charge in [0.05, 0.1) is 0 Å². The van der Waals surface area contributed by atoms with Crippen molar-refractivity contribution in [1.29, 1.82) is 0 Å². The molecule has 2 aromatic carbocycles. The van der Waals surface area contributed by atoms with Crippen molar-refractivity contribution < 1.29 is 4.79 Å². The van der Waals surface area contributed by atoms with Crippen LogP contribution in [0.15, 0.2) is 36.4 Å². The molecule has 0 radical (unpaired) electrons. The van der Waals surface area contributed by atoms with E-state index in [0.717, 1.165) is 16.3 Å². The zero-order chi connectivity index (χ0) is 12.8. The van der Waals surface area contributed by atoms with E-state index in [4.69, 9.17) is 0 Å². The SMILES string of the molecule is CC.CNC(=O)c1cccc2cc(C)ccc12. The molecule has 0 atom stereocenters. The van der Waals surface area contributed by atoms with Gasteiger partial charge in [0, 0.05) is 12.6 Å². The van der Waals surface area contributed by atoms with Crippen LogP contribution in [0.1, 0.15) is 29.8 Å². The van der Waals surface area contributed by atoms with E-state index in [0.29, 0.717) is 0 Å². The van der Waals surface area contributed by atoms with Crippen molar-refractivity contribution in [2.75, 3.05) is 7.05 Å². The third-order valence-corrected chi connectivity index (χ3v) is 2.51. The van der Waals surface area contributed by atoms with Gasteiger partial charge in [-0.25, -0.2) is 0 Å². The molecule has 0 saturated heterocycles. The molecule has 0 saturated carbocycles. The number of hydrogen-bond acceptors (Lipinski definition) is 1. The molecule has 0 unspecified atom stereocenters. The van der Waals surface area contributed by atoms with E-state index in [9.17, 15) is 4.79 Å². The van der Waals surface area contributed by atoms with E-state index in [1.165, 1.54) is 5.56 Å². The fourth-order valence-electron chi connectivity index (χ4n) is 1.74. The minimum Gasteiger partial charge on any atom is -0.355 e. The minimum absolute atomic E-state index is 0.0375. The predicted molar refractivity (Wildman–Crippen MR) is 73.4 cm³/mol. The van der Waals surface area contributed by atoms with Gasteiger partial charge in [-0.15, -0.1) is 0 Å². The van der Waals surface area contributed by atoms with E-state index in [2.05, 4.69) is 11.4 Å². The molecule has 0 fully saturated rings. The number of nitrogens with one attached hydrogen (secondary N) is 1. The molecule has 2 heteroatoms. The molecule has 0 aliphatic heterocycles. The Morgan fingerprint density at radius 2 is 1.82 bits per heavy atom. The smallest absolute Gasteiger partial charge is 0.251 e. The lowest BCUT2D eigenvalue weighted by atomic mass is 10.0. The Balaban J connectivity index is 0.000000686. The van der Waals surface area contributed by atoms with Crippen molar-refractivity contribution in [2.24, 2.45) is 0 Å². The summed E-state index contributed by atoms with van der Waals surface area (Å²) in [5, 5.41) is 4.76. The Hall–Kier alpha value is -1.83. The summed E-state index contributed by atoms with van der Waals surface area (Å²) < 4.78 is 0. The molecule has 2 nitrogen and oxygen atoms in total. The molecule has 2 rings (SSSR count). The van der Waals surface area contributed by atoms with Crippen LogP contribution in [0, 0.1) is 6.92 Å². The van der Waals surface area contributed by atoms with E-state index < -0.39 is 0 Å². The maximum absolute atomic E-state index is 11.6. The van der Waals surface area contributed by atoms with Gasteiger partial charge in [0.2, 0.25) is 0 Å². The normalized spacial score (nSPS) is 9.41. The molecule has 0 bridgehead atoms. The van der Waals surface area contributed by atoms with Crippen LogP contribution < -0.4 is 5.32 Å². The Bertz CT molecular complexity index is 517. The topological polar surface area (TPSA) is 29.1 Å². The summed E-state index contributed by atoms with van der Waals surface area (Å²) in [6.07, 6.45) is 0. The maximum atomic E-state index is 11.6. The second kappa shape index (κ2) is 6.04. The van der Waals surface area contributed by atoms with Gasteiger partial charge < -0.3 is 5.32 Å². The molecule has 90 valence electrons. The van der Waals surface area contributed by atoms with Crippen molar-refractivity contribution in [3.63, 3.8) is 0 Å². The molecule has 0 aromatic heterocycles. The van der Waals surface area contributed by atoms with E-state index >= 15 is 0 Å². The van der Waals surface area contributed by atoms with Gasteiger partial charge in [-0.05, 0) is 23.8 Å². The van der Waals surface area contributed by atoms with E-state index in [1.54, 1.807) is 7.05 Å². The Labute approximate surface area is 103 Å². The first-order valence-electron chi connectivity index (χ1n) is 5.94. The van der Waals surface area contributed by atoms with Gasteiger partial charge in [0.15, 0.2) is 0 Å². The van der Waals surface area contributed by atoms with Crippen LogP contribution in [-0.2, 0) is 0 Å². The Morgan fingerprint density at radius 1 is 1.12 bits per heavy atom. The van der Waals surface area contributed by atoms with Crippen LogP contribution in [0.3, 0.4) is 0 Å². The number of fused-ring (bicyclic) bond motifs is 1. The Morgan fingerprint density at radius 3 is 2.47 bits per heavy atom. The van der Waals surface area contributed by atoms with Crippen LogP contribution in [0.5, 0.6) is 0 Å². The quantitative estimate of drug-likeness (QED) is 0.796. The summed E-state index contributed by atoms with van der Waals surface area (Å²) in [6.45, 7) is 6.05. The van der Waals surface area contributed by atoms with Gasteiger partial charge in [-0.3, -0.25) is 4.79 Å². The molecule has 1 amide bonds. The molecule has 1 N–H and O–H groups in total. The third-order valence-electron chi connectivity index (χ3n) is 2.51. The van der Waals surface area contributed by atoms with Crippen LogP contribution in [0.4, 0.5) is 0 Å². The minimum atomic E-state index is -0.0375. The summed E-state index contributed by atoms with van der Waals surface area (Å²) in [7, 11) is 1.65. The largest absolute Gasteiger partial charge is 0.355 e. The first-order chi connectivity index (χ1) is 8.22. The number of hydrogen-bond donors (Lipinski definition) is 1. The first-order valence-corrected chi connectivity index (χ1v) is 5.94. The van der Waals surface area contributed by atoms with Crippen molar-refractivity contribution in [3.05, 3.63) is 47.5 Å². The van der Waals surface area contributed by atoms with Crippen LogP contribution in [0.25, 0.3) is 10.8 Å². The molecule has 0 aliphatic carbocycles. The number of benzene rings is 2. The molecule has 0 heterocycles. The average Bonchev–Trinajstić information content (AvgIpc) is 2.39. The fourth-order valence-corrected chi connectivity index (χ4v) is 1.74. The maximum Gasteiger partial charge on any atom is 0.251 e. The summed E-state index contributed by atoms with van der Waals surface area (Å²) in [6, 6.07) is 11.9. The highest BCUT2D eigenvalue weighted by Crippen LogP contribution is 2.19. The van der Waals surface area contributed by atoms with E-state index in [1.807, 2.05) is 51.1 Å². The molecule has 0 spiro atoms. The molecular weight excluding hydrogens is 210 g/mol.